The number of hydrogen-bond acceptors (Lipinski definition) is 3. The lowest BCUT2D eigenvalue weighted by Crippen LogP contribution is -2.23. The molecule has 1 saturated carbocycles. The lowest BCUT2D eigenvalue weighted by Gasteiger charge is -2.16. The number of nitrogens with zero attached hydrogens (tertiary/aromatic N) is 3. The van der Waals surface area contributed by atoms with Crippen LogP contribution in [0.3, 0.4) is 0 Å². The standard InChI is InChI=1S/C9H15N3O/c1-9(3-4-9)7(13)5-8-10-6-11-12(8)2/h6-7,13H,3-5H2,1-2H3. The Morgan fingerprint density at radius 1 is 1.69 bits per heavy atom. The molecule has 1 N–H and O–H groups in total. The van der Waals surface area contributed by atoms with Gasteiger partial charge in [-0.3, -0.25) is 4.68 Å². The summed E-state index contributed by atoms with van der Waals surface area (Å²) in [6.07, 6.45) is 4.14. The third-order valence-corrected chi connectivity index (χ3v) is 3.02. The van der Waals surface area contributed by atoms with Crippen LogP contribution < -0.4 is 0 Å². The van der Waals surface area contributed by atoms with Crippen LogP contribution in [0.15, 0.2) is 6.33 Å². The van der Waals surface area contributed by atoms with Crippen LogP contribution >= 0.6 is 0 Å². The fraction of sp³-hybridized carbons (Fsp3) is 0.778. The zero-order valence-corrected chi connectivity index (χ0v) is 8.06. The second kappa shape index (κ2) is 2.80. The van der Waals surface area contributed by atoms with Crippen LogP contribution in [0.25, 0.3) is 0 Å². The van der Waals surface area contributed by atoms with Gasteiger partial charge in [-0.05, 0) is 18.3 Å². The van der Waals surface area contributed by atoms with E-state index >= 15 is 0 Å². The van der Waals surface area contributed by atoms with Gasteiger partial charge in [0.15, 0.2) is 0 Å². The van der Waals surface area contributed by atoms with Gasteiger partial charge in [0, 0.05) is 13.5 Å². The average molecular weight is 181 g/mol. The molecule has 0 saturated heterocycles. The molecule has 4 nitrogen and oxygen atoms in total. The molecule has 0 radical (unpaired) electrons. The molecule has 2 rings (SSSR count). The highest BCUT2D eigenvalue weighted by Crippen LogP contribution is 2.48. The van der Waals surface area contributed by atoms with Gasteiger partial charge in [0.25, 0.3) is 0 Å². The van der Waals surface area contributed by atoms with Gasteiger partial charge in [0.2, 0.25) is 0 Å². The Morgan fingerprint density at radius 3 is 2.85 bits per heavy atom. The van der Waals surface area contributed by atoms with E-state index in [2.05, 4.69) is 17.0 Å². The van der Waals surface area contributed by atoms with E-state index in [9.17, 15) is 5.11 Å². The number of aryl methyl sites for hydroxylation is 1. The van der Waals surface area contributed by atoms with Crippen molar-refractivity contribution in [2.45, 2.75) is 32.3 Å². The van der Waals surface area contributed by atoms with E-state index in [4.69, 9.17) is 0 Å². The average Bonchev–Trinajstić information content (AvgIpc) is 2.72. The van der Waals surface area contributed by atoms with E-state index in [-0.39, 0.29) is 11.5 Å². The van der Waals surface area contributed by atoms with Gasteiger partial charge in [-0.15, -0.1) is 0 Å². The molecule has 1 fully saturated rings. The fourth-order valence-electron chi connectivity index (χ4n) is 1.45. The predicted molar refractivity (Wildman–Crippen MR) is 48.1 cm³/mol. The van der Waals surface area contributed by atoms with Crippen LogP contribution in [-0.2, 0) is 13.5 Å². The van der Waals surface area contributed by atoms with Gasteiger partial charge < -0.3 is 5.11 Å². The number of aromatic nitrogens is 3. The summed E-state index contributed by atoms with van der Waals surface area (Å²) in [6.45, 7) is 2.12. The maximum Gasteiger partial charge on any atom is 0.138 e. The van der Waals surface area contributed by atoms with Gasteiger partial charge in [0.1, 0.15) is 12.2 Å². The van der Waals surface area contributed by atoms with Gasteiger partial charge in [0.05, 0.1) is 6.10 Å². The third-order valence-electron chi connectivity index (χ3n) is 3.02. The van der Waals surface area contributed by atoms with Gasteiger partial charge >= 0.3 is 0 Å². The Bertz CT molecular complexity index is 304. The monoisotopic (exact) mass is 181 g/mol. The maximum absolute atomic E-state index is 9.86. The lowest BCUT2D eigenvalue weighted by atomic mass is 9.99. The molecule has 1 heterocycles. The maximum atomic E-state index is 9.86. The van der Waals surface area contributed by atoms with Crippen molar-refractivity contribution in [3.8, 4) is 0 Å². The minimum absolute atomic E-state index is 0.145. The summed E-state index contributed by atoms with van der Waals surface area (Å²) < 4.78 is 1.72. The Kier molecular flexibility index (Phi) is 1.87. The number of aliphatic hydroxyl groups is 1. The highest BCUT2D eigenvalue weighted by atomic mass is 16.3. The van der Waals surface area contributed by atoms with Crippen LogP contribution in [0, 0.1) is 5.41 Å². The fourth-order valence-corrected chi connectivity index (χ4v) is 1.45. The molecule has 0 aromatic carbocycles. The van der Waals surface area contributed by atoms with E-state index < -0.39 is 0 Å². The van der Waals surface area contributed by atoms with E-state index in [1.54, 1.807) is 4.68 Å². The Labute approximate surface area is 77.6 Å². The molecule has 1 aromatic rings. The molecular weight excluding hydrogens is 166 g/mol. The van der Waals surface area contributed by atoms with Crippen LogP contribution in [0.4, 0.5) is 0 Å². The number of hydrogen-bond donors (Lipinski definition) is 1. The Morgan fingerprint density at radius 2 is 2.38 bits per heavy atom. The number of aliphatic hydroxyl groups excluding tert-OH is 1. The Balaban J connectivity index is 2.02. The molecule has 1 aromatic heterocycles. The molecule has 13 heavy (non-hydrogen) atoms. The van der Waals surface area contributed by atoms with Crippen molar-refractivity contribution in [2.24, 2.45) is 12.5 Å². The van der Waals surface area contributed by atoms with Crippen LogP contribution in [-0.4, -0.2) is 26.0 Å². The minimum atomic E-state index is -0.268. The molecule has 4 heteroatoms. The van der Waals surface area contributed by atoms with Crippen molar-refractivity contribution >= 4 is 0 Å². The summed E-state index contributed by atoms with van der Waals surface area (Å²) in [4.78, 5) is 4.09. The second-order valence-electron chi connectivity index (χ2n) is 4.17. The molecule has 72 valence electrons. The normalized spacial score (nSPS) is 21.5. The largest absolute Gasteiger partial charge is 0.392 e. The van der Waals surface area contributed by atoms with Crippen LogP contribution in [0.5, 0.6) is 0 Å². The van der Waals surface area contributed by atoms with E-state index in [0.29, 0.717) is 6.42 Å². The SMILES string of the molecule is Cn1ncnc1CC(O)C1(C)CC1. The van der Waals surface area contributed by atoms with Crippen molar-refractivity contribution in [2.75, 3.05) is 0 Å². The number of rotatable bonds is 3. The molecule has 0 amide bonds. The summed E-state index contributed by atoms with van der Waals surface area (Å²) >= 11 is 0. The highest BCUT2D eigenvalue weighted by Gasteiger charge is 2.44. The van der Waals surface area contributed by atoms with Crippen molar-refractivity contribution in [1.29, 1.82) is 0 Å². The van der Waals surface area contributed by atoms with Crippen molar-refractivity contribution in [1.82, 2.24) is 14.8 Å². The molecule has 1 unspecified atom stereocenters. The lowest BCUT2D eigenvalue weighted by molar-refractivity contribution is 0.100. The summed E-state index contributed by atoms with van der Waals surface area (Å²) in [5.74, 6) is 0.862. The first-order valence-electron chi connectivity index (χ1n) is 4.63. The van der Waals surface area contributed by atoms with E-state index in [0.717, 1.165) is 18.7 Å². The minimum Gasteiger partial charge on any atom is -0.392 e. The summed E-state index contributed by atoms with van der Waals surface area (Å²) in [5, 5.41) is 13.8. The van der Waals surface area contributed by atoms with Crippen LogP contribution in [0.1, 0.15) is 25.6 Å². The zero-order chi connectivity index (χ0) is 9.47. The quantitative estimate of drug-likeness (QED) is 0.739. The smallest absolute Gasteiger partial charge is 0.138 e. The molecule has 0 aliphatic heterocycles. The molecule has 1 atom stereocenters. The first kappa shape index (κ1) is 8.69. The first-order valence-corrected chi connectivity index (χ1v) is 4.63. The summed E-state index contributed by atoms with van der Waals surface area (Å²) in [6, 6.07) is 0. The first-order chi connectivity index (χ1) is 6.12. The molecule has 1 aliphatic carbocycles. The summed E-state index contributed by atoms with van der Waals surface area (Å²) in [5.41, 5.74) is 0.145. The Hall–Kier alpha value is -0.900. The van der Waals surface area contributed by atoms with Gasteiger partial charge in [-0.25, -0.2) is 4.98 Å². The van der Waals surface area contributed by atoms with Gasteiger partial charge in [-0.1, -0.05) is 6.92 Å². The second-order valence-corrected chi connectivity index (χ2v) is 4.17. The van der Waals surface area contributed by atoms with Crippen molar-refractivity contribution in [3.63, 3.8) is 0 Å². The molecule has 1 aliphatic rings. The van der Waals surface area contributed by atoms with Gasteiger partial charge in [-0.2, -0.15) is 5.10 Å². The molecular formula is C9H15N3O. The highest BCUT2D eigenvalue weighted by molar-refractivity contribution is 4.99. The molecule has 0 bridgehead atoms. The topological polar surface area (TPSA) is 50.9 Å². The summed E-state index contributed by atoms with van der Waals surface area (Å²) in [7, 11) is 1.85. The van der Waals surface area contributed by atoms with E-state index in [1.165, 1.54) is 6.33 Å². The van der Waals surface area contributed by atoms with Crippen molar-refractivity contribution in [3.05, 3.63) is 12.2 Å². The predicted octanol–water partition coefficient (Wildman–Crippen LogP) is 0.519. The van der Waals surface area contributed by atoms with Crippen LogP contribution in [0.2, 0.25) is 0 Å². The van der Waals surface area contributed by atoms with Crippen molar-refractivity contribution < 1.29 is 5.11 Å². The zero-order valence-electron chi connectivity index (χ0n) is 8.06. The molecule has 0 spiro atoms. The van der Waals surface area contributed by atoms with E-state index in [1.807, 2.05) is 7.05 Å². The third kappa shape index (κ3) is 1.58.